The molecule has 0 spiro atoms. The molecule has 2 aromatic rings. The molecule has 2 rings (SSSR count). The number of alkyl halides is 3. The first-order valence-corrected chi connectivity index (χ1v) is 6.00. The van der Waals surface area contributed by atoms with Gasteiger partial charge in [0.25, 0.3) is 0 Å². The second-order valence-corrected chi connectivity index (χ2v) is 4.53. The normalized spacial score (nSPS) is 13.4. The maximum Gasteiger partial charge on any atom is 0.416 e. The van der Waals surface area contributed by atoms with E-state index >= 15 is 0 Å². The Labute approximate surface area is 113 Å². The third kappa shape index (κ3) is 3.80. The van der Waals surface area contributed by atoms with Gasteiger partial charge in [0.05, 0.1) is 18.1 Å². The van der Waals surface area contributed by atoms with Crippen LogP contribution in [0.4, 0.5) is 13.2 Å². The van der Waals surface area contributed by atoms with E-state index in [1.165, 1.54) is 12.1 Å². The molecule has 1 N–H and O–H groups in total. The highest BCUT2D eigenvalue weighted by Gasteiger charge is 2.29. The van der Waals surface area contributed by atoms with Crippen molar-refractivity contribution >= 4 is 0 Å². The van der Waals surface area contributed by atoms with Crippen molar-refractivity contribution in [2.24, 2.45) is 0 Å². The highest BCUT2D eigenvalue weighted by atomic mass is 19.4. The number of halogens is 3. The van der Waals surface area contributed by atoms with E-state index in [4.69, 9.17) is 4.52 Å². The zero-order chi connectivity index (χ0) is 14.8. The summed E-state index contributed by atoms with van der Waals surface area (Å²) in [6.07, 6.45) is -4.40. The SMILES string of the molecule is CC(O)Cc1nc(Cc2ccc(C(F)(F)F)cc2)no1. The van der Waals surface area contributed by atoms with Crippen LogP contribution in [-0.2, 0) is 19.0 Å². The van der Waals surface area contributed by atoms with Gasteiger partial charge in [0.2, 0.25) is 5.89 Å². The van der Waals surface area contributed by atoms with Crippen LogP contribution in [0.25, 0.3) is 0 Å². The van der Waals surface area contributed by atoms with Gasteiger partial charge in [-0.15, -0.1) is 0 Å². The minimum atomic E-state index is -4.34. The van der Waals surface area contributed by atoms with Crippen molar-refractivity contribution in [1.82, 2.24) is 10.1 Å². The van der Waals surface area contributed by atoms with E-state index in [2.05, 4.69) is 10.1 Å². The maximum atomic E-state index is 12.4. The largest absolute Gasteiger partial charge is 0.416 e. The van der Waals surface area contributed by atoms with Gasteiger partial charge in [0.15, 0.2) is 5.82 Å². The van der Waals surface area contributed by atoms with Gasteiger partial charge in [-0.1, -0.05) is 17.3 Å². The van der Waals surface area contributed by atoms with Crippen molar-refractivity contribution in [1.29, 1.82) is 0 Å². The van der Waals surface area contributed by atoms with Crippen LogP contribution in [0.3, 0.4) is 0 Å². The topological polar surface area (TPSA) is 59.2 Å². The summed E-state index contributed by atoms with van der Waals surface area (Å²) in [7, 11) is 0. The second kappa shape index (κ2) is 5.62. The minimum Gasteiger partial charge on any atom is -0.393 e. The molecule has 1 unspecified atom stereocenters. The number of aliphatic hydroxyl groups excluding tert-OH is 1. The lowest BCUT2D eigenvalue weighted by Gasteiger charge is -2.06. The van der Waals surface area contributed by atoms with Crippen molar-refractivity contribution in [3.63, 3.8) is 0 Å². The Hall–Kier alpha value is -1.89. The molecule has 0 aliphatic rings. The number of aliphatic hydroxyl groups is 1. The molecule has 0 aliphatic carbocycles. The summed E-state index contributed by atoms with van der Waals surface area (Å²) in [6, 6.07) is 4.80. The molecule has 0 aliphatic heterocycles. The van der Waals surface area contributed by atoms with E-state index in [0.717, 1.165) is 12.1 Å². The standard InChI is InChI=1S/C13H13F3N2O2/c1-8(19)6-12-17-11(18-20-12)7-9-2-4-10(5-3-9)13(14,15)16/h2-5,8,19H,6-7H2,1H3. The summed E-state index contributed by atoms with van der Waals surface area (Å²) in [4.78, 5) is 4.06. The Bertz CT molecular complexity index is 562. The Balaban J connectivity index is 2.05. The summed E-state index contributed by atoms with van der Waals surface area (Å²) in [5.41, 5.74) is -0.0356. The number of nitrogens with zero attached hydrogens (tertiary/aromatic N) is 2. The summed E-state index contributed by atoms with van der Waals surface area (Å²) in [6.45, 7) is 1.60. The van der Waals surface area contributed by atoms with Crippen molar-refractivity contribution in [3.05, 3.63) is 47.1 Å². The van der Waals surface area contributed by atoms with Crippen LogP contribution in [0.5, 0.6) is 0 Å². The van der Waals surface area contributed by atoms with Crippen molar-refractivity contribution < 1.29 is 22.8 Å². The fraction of sp³-hybridized carbons (Fsp3) is 0.385. The average Bonchev–Trinajstić information content (AvgIpc) is 2.75. The monoisotopic (exact) mass is 286 g/mol. The third-order valence-electron chi connectivity index (χ3n) is 2.62. The summed E-state index contributed by atoms with van der Waals surface area (Å²) in [5.74, 6) is 0.683. The molecule has 1 aromatic carbocycles. The summed E-state index contributed by atoms with van der Waals surface area (Å²) in [5, 5.41) is 12.9. The summed E-state index contributed by atoms with van der Waals surface area (Å²) >= 11 is 0. The average molecular weight is 286 g/mol. The van der Waals surface area contributed by atoms with E-state index in [1.54, 1.807) is 6.92 Å². The second-order valence-electron chi connectivity index (χ2n) is 4.53. The highest BCUT2D eigenvalue weighted by Crippen LogP contribution is 2.29. The number of hydrogen-bond acceptors (Lipinski definition) is 4. The van der Waals surface area contributed by atoms with Gasteiger partial charge in [-0.3, -0.25) is 0 Å². The molecule has 0 amide bonds. The van der Waals surface area contributed by atoms with Crippen LogP contribution in [-0.4, -0.2) is 21.4 Å². The van der Waals surface area contributed by atoms with Gasteiger partial charge >= 0.3 is 6.18 Å². The van der Waals surface area contributed by atoms with Crippen LogP contribution in [0, 0.1) is 0 Å². The number of aromatic nitrogens is 2. The minimum absolute atomic E-state index is 0.250. The zero-order valence-electron chi connectivity index (χ0n) is 10.7. The van der Waals surface area contributed by atoms with Crippen LogP contribution < -0.4 is 0 Å². The smallest absolute Gasteiger partial charge is 0.393 e. The van der Waals surface area contributed by atoms with Crippen molar-refractivity contribution in [2.75, 3.05) is 0 Å². The van der Waals surface area contributed by atoms with E-state index in [-0.39, 0.29) is 12.8 Å². The van der Waals surface area contributed by atoms with Gasteiger partial charge in [-0.05, 0) is 24.6 Å². The first-order chi connectivity index (χ1) is 9.34. The molecule has 1 atom stereocenters. The predicted octanol–water partition coefficient (Wildman–Crippen LogP) is 2.60. The molecule has 1 aromatic heterocycles. The number of hydrogen-bond donors (Lipinski definition) is 1. The van der Waals surface area contributed by atoms with Gasteiger partial charge in [0.1, 0.15) is 0 Å². The quantitative estimate of drug-likeness (QED) is 0.938. The Kier molecular flexibility index (Phi) is 4.08. The molecule has 0 saturated heterocycles. The molecule has 108 valence electrons. The molecular weight excluding hydrogens is 273 g/mol. The molecule has 4 nitrogen and oxygen atoms in total. The fourth-order valence-electron chi connectivity index (χ4n) is 1.69. The van der Waals surface area contributed by atoms with E-state index in [1.807, 2.05) is 0 Å². The van der Waals surface area contributed by atoms with E-state index in [0.29, 0.717) is 17.3 Å². The number of benzene rings is 1. The molecule has 0 bridgehead atoms. The molecular formula is C13H13F3N2O2. The van der Waals surface area contributed by atoms with E-state index in [9.17, 15) is 18.3 Å². The van der Waals surface area contributed by atoms with Gasteiger partial charge in [0, 0.05) is 6.42 Å². The highest BCUT2D eigenvalue weighted by molar-refractivity contribution is 5.26. The van der Waals surface area contributed by atoms with Crippen LogP contribution in [0.15, 0.2) is 28.8 Å². The lowest BCUT2D eigenvalue weighted by Crippen LogP contribution is -2.05. The molecule has 7 heteroatoms. The first-order valence-electron chi connectivity index (χ1n) is 6.00. The zero-order valence-corrected chi connectivity index (χ0v) is 10.7. The maximum absolute atomic E-state index is 12.4. The molecule has 0 radical (unpaired) electrons. The first kappa shape index (κ1) is 14.5. The van der Waals surface area contributed by atoms with Gasteiger partial charge < -0.3 is 9.63 Å². The molecule has 20 heavy (non-hydrogen) atoms. The number of rotatable bonds is 4. The molecule has 0 fully saturated rings. The lowest BCUT2D eigenvalue weighted by molar-refractivity contribution is -0.137. The third-order valence-corrected chi connectivity index (χ3v) is 2.62. The molecule has 1 heterocycles. The summed E-state index contributed by atoms with van der Waals surface area (Å²) < 4.78 is 42.1. The molecule has 0 saturated carbocycles. The van der Waals surface area contributed by atoms with E-state index < -0.39 is 17.8 Å². The van der Waals surface area contributed by atoms with Crippen LogP contribution in [0.1, 0.15) is 29.8 Å². The van der Waals surface area contributed by atoms with Crippen LogP contribution in [0.2, 0.25) is 0 Å². The Morgan fingerprint density at radius 1 is 1.25 bits per heavy atom. The lowest BCUT2D eigenvalue weighted by atomic mass is 10.1. The Morgan fingerprint density at radius 3 is 2.45 bits per heavy atom. The Morgan fingerprint density at radius 2 is 1.90 bits per heavy atom. The van der Waals surface area contributed by atoms with Gasteiger partial charge in [-0.25, -0.2) is 0 Å². The van der Waals surface area contributed by atoms with Crippen molar-refractivity contribution in [2.45, 2.75) is 32.0 Å². The van der Waals surface area contributed by atoms with Crippen LogP contribution >= 0.6 is 0 Å². The fourth-order valence-corrected chi connectivity index (χ4v) is 1.69. The van der Waals surface area contributed by atoms with Crippen molar-refractivity contribution in [3.8, 4) is 0 Å². The van der Waals surface area contributed by atoms with Gasteiger partial charge in [-0.2, -0.15) is 18.2 Å². The predicted molar refractivity (Wildman–Crippen MR) is 63.9 cm³/mol.